The van der Waals surface area contributed by atoms with E-state index in [0.717, 1.165) is 24.2 Å². The monoisotopic (exact) mass is 305 g/mol. The number of carboxylic acids is 1. The summed E-state index contributed by atoms with van der Waals surface area (Å²) >= 11 is 0. The Morgan fingerprint density at radius 2 is 1.95 bits per heavy atom. The summed E-state index contributed by atoms with van der Waals surface area (Å²) in [5.74, 6) is -0.174. The number of para-hydroxylation sites is 1. The Kier molecular flexibility index (Phi) is 4.44. The zero-order valence-electron chi connectivity index (χ0n) is 13.3. The highest BCUT2D eigenvalue weighted by Crippen LogP contribution is 2.51. The predicted molar refractivity (Wildman–Crippen MR) is 82.9 cm³/mol. The van der Waals surface area contributed by atoms with E-state index in [1.165, 1.54) is 0 Å². The molecule has 1 amide bonds. The van der Waals surface area contributed by atoms with Crippen LogP contribution in [0.2, 0.25) is 0 Å². The van der Waals surface area contributed by atoms with Crippen molar-refractivity contribution in [3.05, 3.63) is 29.8 Å². The van der Waals surface area contributed by atoms with Crippen molar-refractivity contribution in [3.8, 4) is 5.75 Å². The number of ether oxygens (including phenoxy) is 1. The maximum Gasteiger partial charge on any atom is 0.309 e. The van der Waals surface area contributed by atoms with E-state index < -0.39 is 16.8 Å². The largest absolute Gasteiger partial charge is 0.496 e. The van der Waals surface area contributed by atoms with Gasteiger partial charge in [-0.15, -0.1) is 0 Å². The lowest BCUT2D eigenvalue weighted by molar-refractivity contribution is -0.147. The van der Waals surface area contributed by atoms with Crippen LogP contribution in [-0.4, -0.2) is 30.6 Å². The summed E-state index contributed by atoms with van der Waals surface area (Å²) in [4.78, 5) is 23.6. The minimum absolute atomic E-state index is 0.0433. The van der Waals surface area contributed by atoms with Crippen LogP contribution >= 0.6 is 0 Å². The Bertz CT molecular complexity index is 576. The van der Waals surface area contributed by atoms with Crippen LogP contribution in [0.3, 0.4) is 0 Å². The molecule has 2 rings (SSSR count). The van der Waals surface area contributed by atoms with Crippen molar-refractivity contribution < 1.29 is 19.4 Å². The Labute approximate surface area is 130 Å². The van der Waals surface area contributed by atoms with Gasteiger partial charge in [0.25, 0.3) is 0 Å². The van der Waals surface area contributed by atoms with E-state index in [-0.39, 0.29) is 5.91 Å². The lowest BCUT2D eigenvalue weighted by Gasteiger charge is -2.21. The highest BCUT2D eigenvalue weighted by atomic mass is 16.5. The Hall–Kier alpha value is -2.04. The summed E-state index contributed by atoms with van der Waals surface area (Å²) in [6.45, 7) is 3.68. The van der Waals surface area contributed by atoms with E-state index in [9.17, 15) is 9.59 Å². The average molecular weight is 305 g/mol. The van der Waals surface area contributed by atoms with Crippen molar-refractivity contribution in [2.75, 3.05) is 13.7 Å². The van der Waals surface area contributed by atoms with Crippen molar-refractivity contribution in [2.24, 2.45) is 5.41 Å². The lowest BCUT2D eigenvalue weighted by Crippen LogP contribution is -2.38. The molecule has 0 atom stereocenters. The second-order valence-electron chi connectivity index (χ2n) is 6.48. The van der Waals surface area contributed by atoms with Gasteiger partial charge in [-0.1, -0.05) is 18.2 Å². The molecular formula is C17H23NO4. The molecule has 22 heavy (non-hydrogen) atoms. The predicted octanol–water partition coefficient (Wildman–Crippen LogP) is 2.34. The number of aliphatic carboxylic acids is 1. The van der Waals surface area contributed by atoms with Gasteiger partial charge in [0.2, 0.25) is 5.91 Å². The van der Waals surface area contributed by atoms with Gasteiger partial charge < -0.3 is 15.2 Å². The number of benzene rings is 1. The fourth-order valence-electron chi connectivity index (χ4n) is 2.55. The quantitative estimate of drug-likeness (QED) is 0.811. The van der Waals surface area contributed by atoms with Gasteiger partial charge in [0.1, 0.15) is 5.75 Å². The Balaban J connectivity index is 2.02. The molecule has 5 nitrogen and oxygen atoms in total. The van der Waals surface area contributed by atoms with Crippen molar-refractivity contribution in [2.45, 2.75) is 38.5 Å². The third-order valence-electron chi connectivity index (χ3n) is 4.42. The maximum atomic E-state index is 12.5. The topological polar surface area (TPSA) is 75.6 Å². The Morgan fingerprint density at radius 1 is 1.32 bits per heavy atom. The summed E-state index contributed by atoms with van der Waals surface area (Å²) in [6, 6.07) is 7.56. The average Bonchev–Trinajstić information content (AvgIpc) is 3.28. The highest BCUT2D eigenvalue weighted by Gasteiger charge is 2.52. The molecule has 0 radical (unpaired) electrons. The first-order chi connectivity index (χ1) is 10.3. The number of hydrogen-bond acceptors (Lipinski definition) is 3. The molecule has 1 aliphatic carbocycles. The van der Waals surface area contributed by atoms with Crippen LogP contribution in [-0.2, 0) is 15.0 Å². The number of rotatable bonds is 7. The Morgan fingerprint density at radius 3 is 2.50 bits per heavy atom. The number of methoxy groups -OCH3 is 1. The van der Waals surface area contributed by atoms with Crippen LogP contribution in [0.25, 0.3) is 0 Å². The van der Waals surface area contributed by atoms with E-state index in [1.54, 1.807) is 21.0 Å². The maximum absolute atomic E-state index is 12.5. The molecule has 1 saturated carbocycles. The summed E-state index contributed by atoms with van der Waals surface area (Å²) in [6.07, 6.45) is 1.99. The molecule has 1 aromatic carbocycles. The van der Waals surface area contributed by atoms with Crippen LogP contribution in [0.15, 0.2) is 24.3 Å². The molecule has 1 aliphatic rings. The molecule has 0 bridgehead atoms. The summed E-state index contributed by atoms with van der Waals surface area (Å²) in [5.41, 5.74) is -0.443. The SMILES string of the molecule is COc1ccccc1C1(C(=O)NCCC(C)(C)C(=O)O)CC1. The van der Waals surface area contributed by atoms with Gasteiger partial charge in [0.15, 0.2) is 0 Å². The molecule has 0 unspecified atom stereocenters. The molecule has 0 aromatic heterocycles. The van der Waals surface area contributed by atoms with Gasteiger partial charge in [0.05, 0.1) is 17.9 Å². The van der Waals surface area contributed by atoms with Gasteiger partial charge in [-0.25, -0.2) is 0 Å². The van der Waals surface area contributed by atoms with E-state index in [4.69, 9.17) is 9.84 Å². The van der Waals surface area contributed by atoms with Crippen LogP contribution in [0.1, 0.15) is 38.7 Å². The zero-order valence-corrected chi connectivity index (χ0v) is 13.3. The normalized spacial score (nSPS) is 16.0. The summed E-state index contributed by atoms with van der Waals surface area (Å²) in [5, 5.41) is 12.0. The van der Waals surface area contributed by atoms with Crippen molar-refractivity contribution >= 4 is 11.9 Å². The van der Waals surface area contributed by atoms with E-state index in [2.05, 4.69) is 5.32 Å². The van der Waals surface area contributed by atoms with Crippen molar-refractivity contribution in [1.82, 2.24) is 5.32 Å². The summed E-state index contributed by atoms with van der Waals surface area (Å²) in [7, 11) is 1.60. The lowest BCUT2D eigenvalue weighted by atomic mass is 9.89. The fraction of sp³-hybridized carbons (Fsp3) is 0.529. The van der Waals surface area contributed by atoms with Gasteiger partial charge >= 0.3 is 5.97 Å². The minimum atomic E-state index is -0.854. The van der Waals surface area contributed by atoms with Crippen LogP contribution < -0.4 is 10.1 Å². The smallest absolute Gasteiger partial charge is 0.309 e. The zero-order chi connectivity index (χ0) is 16.4. The second-order valence-corrected chi connectivity index (χ2v) is 6.48. The number of amides is 1. The van der Waals surface area contributed by atoms with Crippen molar-refractivity contribution in [1.29, 1.82) is 0 Å². The van der Waals surface area contributed by atoms with Gasteiger partial charge in [-0.2, -0.15) is 0 Å². The first-order valence-electron chi connectivity index (χ1n) is 7.49. The first kappa shape index (κ1) is 16.3. The van der Waals surface area contributed by atoms with Crippen LogP contribution in [0, 0.1) is 5.41 Å². The summed E-state index contributed by atoms with van der Waals surface area (Å²) < 4.78 is 5.35. The number of hydrogen-bond donors (Lipinski definition) is 2. The van der Waals surface area contributed by atoms with Gasteiger partial charge in [0, 0.05) is 12.1 Å². The van der Waals surface area contributed by atoms with E-state index in [1.807, 2.05) is 24.3 Å². The third-order valence-corrected chi connectivity index (χ3v) is 4.42. The van der Waals surface area contributed by atoms with Gasteiger partial charge in [-0.05, 0) is 39.2 Å². The molecule has 120 valence electrons. The number of nitrogens with one attached hydrogen (secondary N) is 1. The molecule has 2 N–H and O–H groups in total. The fourth-order valence-corrected chi connectivity index (χ4v) is 2.55. The standard InChI is InChI=1S/C17H23NO4/c1-16(2,15(20)21)10-11-18-14(19)17(8-9-17)12-6-4-5-7-13(12)22-3/h4-7H,8-11H2,1-3H3,(H,18,19)(H,20,21). The first-order valence-corrected chi connectivity index (χ1v) is 7.49. The van der Waals surface area contributed by atoms with E-state index in [0.29, 0.717) is 13.0 Å². The molecule has 0 aliphatic heterocycles. The number of carboxylic acid groups (broad SMARTS) is 1. The molecule has 1 aromatic rings. The molecular weight excluding hydrogens is 282 g/mol. The second kappa shape index (κ2) is 5.99. The van der Waals surface area contributed by atoms with Crippen LogP contribution in [0.4, 0.5) is 0 Å². The van der Waals surface area contributed by atoms with Crippen molar-refractivity contribution in [3.63, 3.8) is 0 Å². The molecule has 0 heterocycles. The van der Waals surface area contributed by atoms with Crippen LogP contribution in [0.5, 0.6) is 5.75 Å². The number of carbonyl (C=O) groups excluding carboxylic acids is 1. The molecule has 1 fully saturated rings. The number of carbonyl (C=O) groups is 2. The van der Waals surface area contributed by atoms with E-state index >= 15 is 0 Å². The highest BCUT2D eigenvalue weighted by molar-refractivity contribution is 5.92. The van der Waals surface area contributed by atoms with Gasteiger partial charge in [-0.3, -0.25) is 9.59 Å². The third kappa shape index (κ3) is 3.08. The minimum Gasteiger partial charge on any atom is -0.496 e. The molecule has 0 spiro atoms. The molecule has 5 heteroatoms. The molecule has 0 saturated heterocycles.